The smallest absolute Gasteiger partial charge is 0.187 e. The van der Waals surface area contributed by atoms with Crippen LogP contribution in [-0.2, 0) is 6.61 Å². The van der Waals surface area contributed by atoms with Gasteiger partial charge in [-0.3, -0.25) is 0 Å². The summed E-state index contributed by atoms with van der Waals surface area (Å²) in [6.07, 6.45) is 0. The highest BCUT2D eigenvalue weighted by atomic mass is 35.5. The van der Waals surface area contributed by atoms with Crippen molar-refractivity contribution in [3.8, 4) is 0 Å². The van der Waals surface area contributed by atoms with Crippen LogP contribution in [0.15, 0.2) is 0 Å². The molecule has 1 aromatic rings. The molecular formula is C10H16ClN3OS. The second kappa shape index (κ2) is 4.87. The van der Waals surface area contributed by atoms with Gasteiger partial charge in [0.05, 0.1) is 11.5 Å². The van der Waals surface area contributed by atoms with Crippen LogP contribution in [0.4, 0.5) is 5.13 Å². The molecule has 1 N–H and O–H groups in total. The molecule has 2 heterocycles. The van der Waals surface area contributed by atoms with Crippen LogP contribution in [0.1, 0.15) is 11.8 Å². The van der Waals surface area contributed by atoms with Crippen LogP contribution in [0, 0.1) is 0 Å². The molecule has 0 spiro atoms. The van der Waals surface area contributed by atoms with Gasteiger partial charge < -0.3 is 14.9 Å². The number of halogens is 1. The molecule has 0 bridgehead atoms. The predicted molar refractivity (Wildman–Crippen MR) is 67.4 cm³/mol. The van der Waals surface area contributed by atoms with E-state index in [0.29, 0.717) is 11.2 Å². The molecule has 4 nitrogen and oxygen atoms in total. The van der Waals surface area contributed by atoms with Crippen molar-refractivity contribution in [1.82, 2.24) is 9.88 Å². The van der Waals surface area contributed by atoms with Gasteiger partial charge in [-0.15, -0.1) is 0 Å². The minimum absolute atomic E-state index is 0.0280. The molecule has 0 saturated carbocycles. The van der Waals surface area contributed by atoms with Crippen LogP contribution in [0.25, 0.3) is 0 Å². The Morgan fingerprint density at radius 3 is 2.88 bits per heavy atom. The summed E-state index contributed by atoms with van der Waals surface area (Å²) in [5.74, 6) is 0. The molecule has 1 aliphatic heterocycles. The van der Waals surface area contributed by atoms with E-state index in [9.17, 15) is 0 Å². The second-order valence-corrected chi connectivity index (χ2v) is 5.56. The molecule has 1 aliphatic rings. The monoisotopic (exact) mass is 261 g/mol. The predicted octanol–water partition coefficient (Wildman–Crippen LogP) is 1.43. The normalized spacial score (nSPS) is 22.8. The lowest BCUT2D eigenvalue weighted by molar-refractivity contribution is 0.234. The van der Waals surface area contributed by atoms with Gasteiger partial charge in [0.25, 0.3) is 0 Å². The number of hydrogen-bond acceptors (Lipinski definition) is 5. The quantitative estimate of drug-likeness (QED) is 0.874. The van der Waals surface area contributed by atoms with Crippen LogP contribution < -0.4 is 4.90 Å². The summed E-state index contributed by atoms with van der Waals surface area (Å²) >= 11 is 7.42. The summed E-state index contributed by atoms with van der Waals surface area (Å²) in [4.78, 5) is 9.62. The second-order valence-electron chi connectivity index (χ2n) is 4.14. The Kier molecular flexibility index (Phi) is 3.69. The summed E-state index contributed by atoms with van der Waals surface area (Å²) in [7, 11) is 2.13. The first-order valence-corrected chi connectivity index (χ1v) is 6.52. The van der Waals surface area contributed by atoms with Crippen molar-refractivity contribution in [2.24, 2.45) is 0 Å². The maximum absolute atomic E-state index is 9.08. The number of thiazole rings is 1. The van der Waals surface area contributed by atoms with Gasteiger partial charge >= 0.3 is 0 Å². The molecule has 2 rings (SSSR count). The number of likely N-dealkylation sites (N-methyl/N-ethyl adjacent to an activating group) is 1. The average molecular weight is 262 g/mol. The van der Waals surface area contributed by atoms with Crippen LogP contribution in [0.3, 0.4) is 0 Å². The third kappa shape index (κ3) is 2.32. The van der Waals surface area contributed by atoms with Crippen molar-refractivity contribution < 1.29 is 5.11 Å². The Hall–Kier alpha value is -0.360. The number of aromatic nitrogens is 1. The number of aliphatic hydroxyl groups is 1. The van der Waals surface area contributed by atoms with Crippen molar-refractivity contribution in [3.05, 3.63) is 10.0 Å². The zero-order valence-electron chi connectivity index (χ0n) is 9.48. The molecule has 1 fully saturated rings. The van der Waals surface area contributed by atoms with E-state index >= 15 is 0 Å². The Balaban J connectivity index is 2.12. The molecule has 90 valence electrons. The fourth-order valence-electron chi connectivity index (χ4n) is 1.78. The standard InChI is InChI=1S/C10H16ClN3OS/c1-7-5-14(4-3-13(7)2)10-12-9(11)8(6-15)16-10/h7,15H,3-6H2,1-2H3. The molecule has 1 unspecified atom stereocenters. The zero-order valence-corrected chi connectivity index (χ0v) is 11.1. The topological polar surface area (TPSA) is 39.6 Å². The number of aliphatic hydroxyl groups excluding tert-OH is 1. The first-order chi connectivity index (χ1) is 7.61. The molecule has 6 heteroatoms. The number of rotatable bonds is 2. The Bertz CT molecular complexity index is 371. The van der Waals surface area contributed by atoms with E-state index in [0.717, 1.165) is 29.6 Å². The minimum atomic E-state index is -0.0280. The average Bonchev–Trinajstić information content (AvgIpc) is 2.64. The van der Waals surface area contributed by atoms with Crippen molar-refractivity contribution in [2.45, 2.75) is 19.6 Å². The first-order valence-electron chi connectivity index (χ1n) is 5.33. The Morgan fingerprint density at radius 2 is 2.31 bits per heavy atom. The Morgan fingerprint density at radius 1 is 1.56 bits per heavy atom. The van der Waals surface area contributed by atoms with Gasteiger partial charge in [-0.1, -0.05) is 22.9 Å². The third-order valence-corrected chi connectivity index (χ3v) is 4.54. The number of hydrogen-bond donors (Lipinski definition) is 1. The van der Waals surface area contributed by atoms with Crippen LogP contribution in [0.2, 0.25) is 5.15 Å². The molecule has 0 radical (unpaired) electrons. The largest absolute Gasteiger partial charge is 0.391 e. The summed E-state index contributed by atoms with van der Waals surface area (Å²) in [5.41, 5.74) is 0. The van der Waals surface area contributed by atoms with E-state index < -0.39 is 0 Å². The lowest BCUT2D eigenvalue weighted by atomic mass is 10.2. The van der Waals surface area contributed by atoms with E-state index in [1.807, 2.05) is 0 Å². The van der Waals surface area contributed by atoms with Crippen molar-refractivity contribution in [1.29, 1.82) is 0 Å². The van der Waals surface area contributed by atoms with Gasteiger partial charge in [0.1, 0.15) is 5.15 Å². The van der Waals surface area contributed by atoms with E-state index in [-0.39, 0.29) is 6.61 Å². The van der Waals surface area contributed by atoms with E-state index in [1.165, 1.54) is 11.3 Å². The van der Waals surface area contributed by atoms with Gasteiger partial charge in [0.15, 0.2) is 5.13 Å². The molecule has 1 atom stereocenters. The highest BCUT2D eigenvalue weighted by Crippen LogP contribution is 2.30. The highest BCUT2D eigenvalue weighted by molar-refractivity contribution is 7.16. The molecule has 0 aromatic carbocycles. The summed E-state index contributed by atoms with van der Waals surface area (Å²) in [5, 5.41) is 10.4. The summed E-state index contributed by atoms with van der Waals surface area (Å²) < 4.78 is 0. The van der Waals surface area contributed by atoms with E-state index in [1.54, 1.807) is 0 Å². The van der Waals surface area contributed by atoms with Crippen LogP contribution >= 0.6 is 22.9 Å². The Labute approximate surface area is 104 Å². The van der Waals surface area contributed by atoms with E-state index in [4.69, 9.17) is 16.7 Å². The highest BCUT2D eigenvalue weighted by Gasteiger charge is 2.23. The zero-order chi connectivity index (χ0) is 11.7. The molecular weight excluding hydrogens is 246 g/mol. The van der Waals surface area contributed by atoms with Crippen molar-refractivity contribution in [2.75, 3.05) is 31.6 Å². The molecule has 0 amide bonds. The molecule has 1 aromatic heterocycles. The summed E-state index contributed by atoms with van der Waals surface area (Å²) in [6.45, 7) is 5.14. The fraction of sp³-hybridized carbons (Fsp3) is 0.700. The number of piperazine rings is 1. The van der Waals surface area contributed by atoms with E-state index in [2.05, 4.69) is 28.8 Å². The van der Waals surface area contributed by atoms with Crippen molar-refractivity contribution in [3.63, 3.8) is 0 Å². The molecule has 0 aliphatic carbocycles. The maximum atomic E-state index is 9.08. The number of nitrogens with zero attached hydrogens (tertiary/aromatic N) is 3. The maximum Gasteiger partial charge on any atom is 0.187 e. The summed E-state index contributed by atoms with van der Waals surface area (Å²) in [6, 6.07) is 0.522. The van der Waals surface area contributed by atoms with Crippen LogP contribution in [-0.4, -0.2) is 47.7 Å². The third-order valence-electron chi connectivity index (χ3n) is 3.01. The van der Waals surface area contributed by atoms with Gasteiger partial charge in [-0.05, 0) is 14.0 Å². The van der Waals surface area contributed by atoms with Gasteiger partial charge in [0.2, 0.25) is 0 Å². The molecule has 16 heavy (non-hydrogen) atoms. The first kappa shape index (κ1) is 12.1. The molecule has 1 saturated heterocycles. The lowest BCUT2D eigenvalue weighted by Crippen LogP contribution is -2.50. The lowest BCUT2D eigenvalue weighted by Gasteiger charge is -2.37. The van der Waals surface area contributed by atoms with Gasteiger partial charge in [-0.25, -0.2) is 4.98 Å². The SMILES string of the molecule is CC1CN(c2nc(Cl)c(CO)s2)CCN1C. The van der Waals surface area contributed by atoms with Crippen molar-refractivity contribution >= 4 is 28.1 Å². The minimum Gasteiger partial charge on any atom is -0.391 e. The number of anilines is 1. The fourth-order valence-corrected chi connectivity index (χ4v) is 2.93. The van der Waals surface area contributed by atoms with Gasteiger partial charge in [0, 0.05) is 25.7 Å². The van der Waals surface area contributed by atoms with Gasteiger partial charge in [-0.2, -0.15) is 0 Å². The van der Waals surface area contributed by atoms with Crippen LogP contribution in [0.5, 0.6) is 0 Å².